The van der Waals surface area contributed by atoms with Gasteiger partial charge in [0, 0.05) is 18.8 Å². The van der Waals surface area contributed by atoms with Crippen LogP contribution >= 0.6 is 35.0 Å². The molecule has 0 saturated heterocycles. The van der Waals surface area contributed by atoms with Crippen molar-refractivity contribution < 1.29 is 9.59 Å². The van der Waals surface area contributed by atoms with Crippen LogP contribution in [0.4, 0.5) is 0 Å². The van der Waals surface area contributed by atoms with E-state index in [1.54, 1.807) is 11.0 Å². The average Bonchev–Trinajstić information content (AvgIpc) is 2.74. The van der Waals surface area contributed by atoms with E-state index in [0.29, 0.717) is 47.5 Å². The third-order valence-electron chi connectivity index (χ3n) is 4.70. The van der Waals surface area contributed by atoms with Crippen LogP contribution in [0.2, 0.25) is 10.0 Å². The molecule has 2 aromatic rings. The maximum Gasteiger partial charge on any atom is 0.242 e. The lowest BCUT2D eigenvalue weighted by atomic mass is 10.1. The highest BCUT2D eigenvalue weighted by Crippen LogP contribution is 2.25. The molecule has 1 atom stereocenters. The molecule has 2 aromatic carbocycles. The number of nitrogens with one attached hydrogen (secondary N) is 1. The number of nitrogens with zero attached hydrogens (tertiary/aromatic N) is 1. The summed E-state index contributed by atoms with van der Waals surface area (Å²) < 4.78 is 0. The highest BCUT2D eigenvalue weighted by molar-refractivity contribution is 7.99. The van der Waals surface area contributed by atoms with Gasteiger partial charge in [0.15, 0.2) is 0 Å². The Bertz CT molecular complexity index is 833. The molecule has 0 radical (unpaired) electrons. The number of carbonyl (C=O) groups is 2. The SMILES string of the molecule is CCNC(=O)C(CC)N(CCc1ccccc1)C(=O)CSCc1ccc(Cl)c(Cl)c1. The Morgan fingerprint density at radius 2 is 1.77 bits per heavy atom. The molecule has 0 spiro atoms. The standard InChI is InChI=1S/C23H28Cl2N2O2S/c1-3-21(23(29)26-4-2)27(13-12-17-8-6-5-7-9-17)22(28)16-30-15-18-10-11-19(24)20(25)14-18/h5-11,14,21H,3-4,12-13,15-16H2,1-2H3,(H,26,29). The first-order valence-electron chi connectivity index (χ1n) is 10.1. The summed E-state index contributed by atoms with van der Waals surface area (Å²) in [6.45, 7) is 4.87. The summed E-state index contributed by atoms with van der Waals surface area (Å²) in [5.74, 6) is 0.808. The molecular formula is C23H28Cl2N2O2S. The van der Waals surface area contributed by atoms with E-state index in [9.17, 15) is 9.59 Å². The predicted molar refractivity (Wildman–Crippen MR) is 127 cm³/mol. The number of hydrogen-bond acceptors (Lipinski definition) is 3. The van der Waals surface area contributed by atoms with Crippen LogP contribution in [0.15, 0.2) is 48.5 Å². The van der Waals surface area contributed by atoms with E-state index in [-0.39, 0.29) is 11.8 Å². The highest BCUT2D eigenvalue weighted by Gasteiger charge is 2.27. The maximum absolute atomic E-state index is 13.1. The number of thioether (sulfide) groups is 1. The molecule has 0 bridgehead atoms. The monoisotopic (exact) mass is 466 g/mol. The average molecular weight is 467 g/mol. The highest BCUT2D eigenvalue weighted by atomic mass is 35.5. The van der Waals surface area contributed by atoms with Crippen molar-refractivity contribution in [1.29, 1.82) is 0 Å². The Balaban J connectivity index is 2.03. The van der Waals surface area contributed by atoms with Crippen molar-refractivity contribution in [2.24, 2.45) is 0 Å². The first-order valence-corrected chi connectivity index (χ1v) is 12.0. The molecule has 1 N–H and O–H groups in total. The van der Waals surface area contributed by atoms with Crippen molar-refractivity contribution in [2.75, 3.05) is 18.8 Å². The molecule has 0 fully saturated rings. The van der Waals surface area contributed by atoms with Crippen LogP contribution in [-0.4, -0.2) is 41.6 Å². The zero-order valence-electron chi connectivity index (χ0n) is 17.4. The zero-order valence-corrected chi connectivity index (χ0v) is 19.7. The second kappa shape index (κ2) is 12.9. The van der Waals surface area contributed by atoms with Gasteiger partial charge in [-0.25, -0.2) is 0 Å². The minimum absolute atomic E-state index is 0.0332. The normalized spacial score (nSPS) is 11.7. The third kappa shape index (κ3) is 7.53. The van der Waals surface area contributed by atoms with Gasteiger partial charge in [0.25, 0.3) is 0 Å². The second-order valence-electron chi connectivity index (χ2n) is 6.88. The molecule has 0 heterocycles. The van der Waals surface area contributed by atoms with Gasteiger partial charge in [0.2, 0.25) is 11.8 Å². The largest absolute Gasteiger partial charge is 0.355 e. The van der Waals surface area contributed by atoms with Crippen LogP contribution in [-0.2, 0) is 21.8 Å². The van der Waals surface area contributed by atoms with Gasteiger partial charge in [-0.2, -0.15) is 0 Å². The maximum atomic E-state index is 13.1. The molecule has 30 heavy (non-hydrogen) atoms. The lowest BCUT2D eigenvalue weighted by Crippen LogP contribution is -2.50. The van der Waals surface area contributed by atoms with Crippen LogP contribution in [0.25, 0.3) is 0 Å². The molecule has 7 heteroatoms. The Hall–Kier alpha value is -1.69. The smallest absolute Gasteiger partial charge is 0.242 e. The van der Waals surface area contributed by atoms with Gasteiger partial charge in [0.1, 0.15) is 6.04 Å². The Labute approximate surface area is 193 Å². The quantitative estimate of drug-likeness (QED) is 0.494. The summed E-state index contributed by atoms with van der Waals surface area (Å²) in [6.07, 6.45) is 1.28. The van der Waals surface area contributed by atoms with Crippen molar-refractivity contribution >= 4 is 46.8 Å². The first-order chi connectivity index (χ1) is 14.5. The van der Waals surface area contributed by atoms with Gasteiger partial charge in [-0.3, -0.25) is 9.59 Å². The molecule has 2 rings (SSSR count). The van der Waals surface area contributed by atoms with Crippen LogP contribution in [0.1, 0.15) is 31.4 Å². The Kier molecular flexibility index (Phi) is 10.6. The molecule has 0 aliphatic heterocycles. The van der Waals surface area contributed by atoms with Gasteiger partial charge >= 0.3 is 0 Å². The zero-order chi connectivity index (χ0) is 21.9. The Morgan fingerprint density at radius 1 is 1.03 bits per heavy atom. The van der Waals surface area contributed by atoms with Gasteiger partial charge in [0.05, 0.1) is 15.8 Å². The summed E-state index contributed by atoms with van der Waals surface area (Å²) in [5.41, 5.74) is 2.15. The van der Waals surface area contributed by atoms with E-state index in [2.05, 4.69) is 5.32 Å². The summed E-state index contributed by atoms with van der Waals surface area (Å²) >= 11 is 13.5. The molecule has 0 saturated carbocycles. The van der Waals surface area contributed by atoms with E-state index in [4.69, 9.17) is 23.2 Å². The van der Waals surface area contributed by atoms with Gasteiger partial charge < -0.3 is 10.2 Å². The van der Waals surface area contributed by atoms with Crippen LogP contribution in [0.5, 0.6) is 0 Å². The lowest BCUT2D eigenvalue weighted by Gasteiger charge is -2.30. The molecule has 1 unspecified atom stereocenters. The minimum Gasteiger partial charge on any atom is -0.355 e. The number of halogens is 2. The lowest BCUT2D eigenvalue weighted by molar-refractivity contribution is -0.138. The van der Waals surface area contributed by atoms with Gasteiger partial charge in [-0.15, -0.1) is 11.8 Å². The van der Waals surface area contributed by atoms with Crippen molar-refractivity contribution in [1.82, 2.24) is 10.2 Å². The number of carbonyl (C=O) groups excluding carboxylic acids is 2. The summed E-state index contributed by atoms with van der Waals surface area (Å²) in [5, 5.41) is 3.88. The molecule has 0 aromatic heterocycles. The fourth-order valence-electron chi connectivity index (χ4n) is 3.16. The van der Waals surface area contributed by atoms with Crippen LogP contribution in [0.3, 0.4) is 0 Å². The number of rotatable bonds is 11. The molecule has 2 amide bonds. The van der Waals surface area contributed by atoms with Gasteiger partial charge in [-0.05, 0) is 43.0 Å². The van der Waals surface area contributed by atoms with Crippen LogP contribution < -0.4 is 5.32 Å². The number of hydrogen-bond donors (Lipinski definition) is 1. The number of amides is 2. The van der Waals surface area contributed by atoms with Crippen molar-refractivity contribution in [3.05, 3.63) is 69.7 Å². The van der Waals surface area contributed by atoms with E-state index in [0.717, 1.165) is 11.1 Å². The summed E-state index contributed by atoms with van der Waals surface area (Å²) in [6, 6.07) is 15.0. The molecular weight excluding hydrogens is 439 g/mol. The van der Waals surface area contributed by atoms with Crippen LogP contribution in [0, 0.1) is 0 Å². The molecule has 4 nitrogen and oxygen atoms in total. The van der Waals surface area contributed by atoms with E-state index >= 15 is 0 Å². The molecule has 0 aliphatic carbocycles. The molecule has 162 valence electrons. The molecule has 0 aliphatic rings. The van der Waals surface area contributed by atoms with E-state index in [1.165, 1.54) is 11.8 Å². The second-order valence-corrected chi connectivity index (χ2v) is 8.68. The van der Waals surface area contributed by atoms with E-state index < -0.39 is 6.04 Å². The number of likely N-dealkylation sites (N-methyl/N-ethyl adjacent to an activating group) is 1. The fraction of sp³-hybridized carbons (Fsp3) is 0.391. The van der Waals surface area contributed by atoms with Gasteiger partial charge in [-0.1, -0.05) is 66.5 Å². The van der Waals surface area contributed by atoms with Crippen molar-refractivity contribution in [2.45, 2.75) is 38.5 Å². The van der Waals surface area contributed by atoms with Crippen molar-refractivity contribution in [3.63, 3.8) is 0 Å². The fourth-order valence-corrected chi connectivity index (χ4v) is 4.33. The topological polar surface area (TPSA) is 49.4 Å². The van der Waals surface area contributed by atoms with Crippen molar-refractivity contribution in [3.8, 4) is 0 Å². The predicted octanol–water partition coefficient (Wildman–Crippen LogP) is 5.21. The third-order valence-corrected chi connectivity index (χ3v) is 6.43. The first kappa shape index (κ1) is 24.6. The summed E-state index contributed by atoms with van der Waals surface area (Å²) in [4.78, 5) is 27.3. The number of benzene rings is 2. The minimum atomic E-state index is -0.466. The summed E-state index contributed by atoms with van der Waals surface area (Å²) in [7, 11) is 0. The Morgan fingerprint density at radius 3 is 2.40 bits per heavy atom. The van der Waals surface area contributed by atoms with E-state index in [1.807, 2.05) is 56.3 Å².